The fourth-order valence-electron chi connectivity index (χ4n) is 3.05. The van der Waals surface area contributed by atoms with E-state index in [1.54, 1.807) is 36.4 Å². The van der Waals surface area contributed by atoms with Gasteiger partial charge in [-0.3, -0.25) is 4.79 Å². The fraction of sp³-hybridized carbons (Fsp3) is 0.286. The van der Waals surface area contributed by atoms with Gasteiger partial charge in [0, 0.05) is 29.6 Å². The summed E-state index contributed by atoms with van der Waals surface area (Å²) in [6.45, 7) is 3.64. The van der Waals surface area contributed by atoms with Crippen LogP contribution in [0.4, 0.5) is 0 Å². The summed E-state index contributed by atoms with van der Waals surface area (Å²) >= 11 is 0. The largest absolute Gasteiger partial charge is 0.494 e. The van der Waals surface area contributed by atoms with Crippen molar-refractivity contribution in [2.24, 2.45) is 0 Å². The third-order valence-electron chi connectivity index (χ3n) is 4.56. The van der Waals surface area contributed by atoms with E-state index in [2.05, 4.69) is 4.98 Å². The smallest absolute Gasteiger partial charge is 0.252 e. The second kappa shape index (κ2) is 8.77. The van der Waals surface area contributed by atoms with Crippen molar-refractivity contribution in [3.05, 3.63) is 70.0 Å². The van der Waals surface area contributed by atoms with Crippen molar-refractivity contribution in [1.82, 2.24) is 9.29 Å². The standard InChI is InChI=1S/C21H24N2O5S/c1-3-28-18-6-9-20-16(13-18)12-17(21(25)22-20)14-23(10-11-24)29(26,27)19-7-4-15(2)5-8-19/h4-9,12-13,24H,3,10-11,14H2,1-2H3,(H,22,25). The summed E-state index contributed by atoms with van der Waals surface area (Å²) < 4.78 is 32.7. The summed E-state index contributed by atoms with van der Waals surface area (Å²) in [5.41, 5.74) is 1.49. The first-order valence-electron chi connectivity index (χ1n) is 9.31. The van der Waals surface area contributed by atoms with E-state index in [0.29, 0.717) is 17.9 Å². The van der Waals surface area contributed by atoms with Gasteiger partial charge in [0.15, 0.2) is 0 Å². The second-order valence-electron chi connectivity index (χ2n) is 6.68. The molecule has 0 aliphatic rings. The number of pyridine rings is 1. The zero-order valence-electron chi connectivity index (χ0n) is 16.4. The monoisotopic (exact) mass is 416 g/mol. The number of rotatable bonds is 8. The Kier molecular flexibility index (Phi) is 6.36. The molecule has 1 heterocycles. The lowest BCUT2D eigenvalue weighted by molar-refractivity contribution is 0.251. The van der Waals surface area contributed by atoms with Crippen molar-refractivity contribution in [3.63, 3.8) is 0 Å². The summed E-state index contributed by atoms with van der Waals surface area (Å²) in [6, 6.07) is 13.4. The van der Waals surface area contributed by atoms with E-state index in [0.717, 1.165) is 15.3 Å². The Morgan fingerprint density at radius 2 is 1.83 bits per heavy atom. The summed E-state index contributed by atoms with van der Waals surface area (Å²) in [4.78, 5) is 15.4. The molecular formula is C21H24N2O5S. The molecule has 0 saturated carbocycles. The average molecular weight is 416 g/mol. The van der Waals surface area contributed by atoms with Gasteiger partial charge in [0.1, 0.15) is 5.75 Å². The van der Waals surface area contributed by atoms with E-state index in [4.69, 9.17) is 4.74 Å². The van der Waals surface area contributed by atoms with Crippen LogP contribution in [-0.2, 0) is 16.6 Å². The highest BCUT2D eigenvalue weighted by Crippen LogP contribution is 2.22. The fourth-order valence-corrected chi connectivity index (χ4v) is 4.46. The maximum absolute atomic E-state index is 13.0. The number of fused-ring (bicyclic) bond motifs is 1. The van der Waals surface area contributed by atoms with Crippen LogP contribution in [0.15, 0.2) is 58.2 Å². The number of hydrogen-bond donors (Lipinski definition) is 2. The number of aliphatic hydroxyl groups excluding tert-OH is 1. The number of nitrogens with one attached hydrogen (secondary N) is 1. The first-order valence-corrected chi connectivity index (χ1v) is 10.8. The van der Waals surface area contributed by atoms with Crippen molar-refractivity contribution >= 4 is 20.9 Å². The van der Waals surface area contributed by atoms with E-state index < -0.39 is 10.0 Å². The lowest BCUT2D eigenvalue weighted by atomic mass is 10.1. The van der Waals surface area contributed by atoms with Crippen LogP contribution < -0.4 is 10.3 Å². The Hall–Kier alpha value is -2.68. The number of nitrogens with zero attached hydrogens (tertiary/aromatic N) is 1. The van der Waals surface area contributed by atoms with Crippen LogP contribution in [0, 0.1) is 6.92 Å². The van der Waals surface area contributed by atoms with Crippen molar-refractivity contribution in [3.8, 4) is 5.75 Å². The van der Waals surface area contributed by atoms with Crippen LogP contribution in [0.5, 0.6) is 5.75 Å². The topological polar surface area (TPSA) is 99.7 Å². The SMILES string of the molecule is CCOc1ccc2[nH]c(=O)c(CN(CCO)S(=O)(=O)c3ccc(C)cc3)cc2c1. The molecule has 0 saturated heterocycles. The van der Waals surface area contributed by atoms with Gasteiger partial charge in [-0.2, -0.15) is 4.31 Å². The van der Waals surface area contributed by atoms with Gasteiger partial charge in [0.2, 0.25) is 10.0 Å². The van der Waals surface area contributed by atoms with E-state index in [1.165, 1.54) is 12.1 Å². The predicted octanol–water partition coefficient (Wildman–Crippen LogP) is 2.42. The van der Waals surface area contributed by atoms with Gasteiger partial charge in [-0.25, -0.2) is 8.42 Å². The molecule has 7 nitrogen and oxygen atoms in total. The minimum absolute atomic E-state index is 0.118. The Bertz CT molecular complexity index is 1150. The first kappa shape index (κ1) is 21.0. The molecule has 154 valence electrons. The highest BCUT2D eigenvalue weighted by atomic mass is 32.2. The number of aromatic amines is 1. The number of sulfonamides is 1. The first-order chi connectivity index (χ1) is 13.8. The van der Waals surface area contributed by atoms with Crippen molar-refractivity contribution < 1.29 is 18.3 Å². The van der Waals surface area contributed by atoms with Crippen LogP contribution in [0.2, 0.25) is 0 Å². The van der Waals surface area contributed by atoms with Crippen molar-refractivity contribution in [1.29, 1.82) is 0 Å². The molecule has 0 unspecified atom stereocenters. The predicted molar refractivity (Wildman–Crippen MR) is 112 cm³/mol. The molecule has 0 radical (unpaired) electrons. The summed E-state index contributed by atoms with van der Waals surface area (Å²) in [5, 5.41) is 10.1. The molecular weight excluding hydrogens is 392 g/mol. The van der Waals surface area contributed by atoms with Crippen LogP contribution >= 0.6 is 0 Å². The number of aromatic nitrogens is 1. The molecule has 0 aliphatic carbocycles. The molecule has 3 rings (SSSR count). The molecule has 29 heavy (non-hydrogen) atoms. The Balaban J connectivity index is 1.99. The van der Waals surface area contributed by atoms with Crippen LogP contribution in [0.25, 0.3) is 10.9 Å². The zero-order chi connectivity index (χ0) is 21.0. The second-order valence-corrected chi connectivity index (χ2v) is 8.62. The van der Waals surface area contributed by atoms with Gasteiger partial charge in [-0.15, -0.1) is 0 Å². The van der Waals surface area contributed by atoms with Gasteiger partial charge in [-0.05, 0) is 50.2 Å². The molecule has 1 aromatic heterocycles. The van der Waals surface area contributed by atoms with Gasteiger partial charge >= 0.3 is 0 Å². The molecule has 8 heteroatoms. The maximum atomic E-state index is 13.0. The molecule has 0 spiro atoms. The van der Waals surface area contributed by atoms with Crippen LogP contribution in [-0.4, -0.2) is 42.6 Å². The zero-order valence-corrected chi connectivity index (χ0v) is 17.2. The van der Waals surface area contributed by atoms with Gasteiger partial charge in [0.05, 0.1) is 18.1 Å². The van der Waals surface area contributed by atoms with Gasteiger partial charge in [0.25, 0.3) is 5.56 Å². The lowest BCUT2D eigenvalue weighted by Crippen LogP contribution is -2.35. The number of aryl methyl sites for hydroxylation is 1. The molecule has 0 atom stereocenters. The van der Waals surface area contributed by atoms with Crippen LogP contribution in [0.3, 0.4) is 0 Å². The molecule has 2 N–H and O–H groups in total. The normalized spacial score (nSPS) is 11.9. The van der Waals surface area contributed by atoms with E-state index in [9.17, 15) is 18.3 Å². The Morgan fingerprint density at radius 1 is 1.10 bits per heavy atom. The summed E-state index contributed by atoms with van der Waals surface area (Å²) in [7, 11) is -3.87. The third-order valence-corrected chi connectivity index (χ3v) is 6.42. The highest BCUT2D eigenvalue weighted by Gasteiger charge is 2.25. The minimum Gasteiger partial charge on any atom is -0.494 e. The molecule has 0 bridgehead atoms. The lowest BCUT2D eigenvalue weighted by Gasteiger charge is -2.21. The minimum atomic E-state index is -3.87. The number of benzene rings is 2. The Morgan fingerprint density at radius 3 is 2.48 bits per heavy atom. The molecule has 0 fully saturated rings. The van der Waals surface area contributed by atoms with Crippen molar-refractivity contribution in [2.45, 2.75) is 25.3 Å². The number of hydrogen-bond acceptors (Lipinski definition) is 5. The maximum Gasteiger partial charge on any atom is 0.252 e. The summed E-state index contributed by atoms with van der Waals surface area (Å²) in [6.07, 6.45) is 0. The summed E-state index contributed by atoms with van der Waals surface area (Å²) in [5.74, 6) is 0.664. The van der Waals surface area contributed by atoms with Gasteiger partial charge in [-0.1, -0.05) is 17.7 Å². The number of H-pyrrole nitrogens is 1. The quantitative estimate of drug-likeness (QED) is 0.587. The molecule has 3 aromatic rings. The van der Waals surface area contributed by atoms with Crippen molar-refractivity contribution in [2.75, 3.05) is 19.8 Å². The highest BCUT2D eigenvalue weighted by molar-refractivity contribution is 7.89. The number of ether oxygens (including phenoxy) is 1. The van der Waals surface area contributed by atoms with Gasteiger partial charge < -0.3 is 14.8 Å². The van der Waals surface area contributed by atoms with E-state index >= 15 is 0 Å². The van der Waals surface area contributed by atoms with E-state index in [-0.39, 0.29) is 35.7 Å². The Labute approximate surface area is 169 Å². The molecule has 0 aliphatic heterocycles. The molecule has 0 amide bonds. The van der Waals surface area contributed by atoms with E-state index in [1.807, 2.05) is 13.8 Å². The molecule has 2 aromatic carbocycles. The average Bonchev–Trinajstić information content (AvgIpc) is 2.69. The number of aliphatic hydroxyl groups is 1. The third kappa shape index (κ3) is 4.67. The van der Waals surface area contributed by atoms with Crippen LogP contribution in [0.1, 0.15) is 18.1 Å².